The first kappa shape index (κ1) is 15.4. The number of thioether (sulfide) groups is 1. The normalized spacial score (nSPS) is 11.6. The average Bonchev–Trinajstić information content (AvgIpc) is 2.84. The lowest BCUT2D eigenvalue weighted by atomic mass is 10.4. The molecule has 18 heavy (non-hydrogen) atoms. The van der Waals surface area contributed by atoms with Gasteiger partial charge in [-0.05, 0) is 31.7 Å². The maximum Gasteiger partial charge on any atom is 0.191 e. The van der Waals surface area contributed by atoms with Crippen molar-refractivity contribution in [3.8, 4) is 0 Å². The predicted molar refractivity (Wildman–Crippen MR) is 84.9 cm³/mol. The molecule has 0 unspecified atom stereocenters. The van der Waals surface area contributed by atoms with Crippen LogP contribution < -0.4 is 10.6 Å². The monoisotopic (exact) mass is 285 g/mol. The van der Waals surface area contributed by atoms with E-state index >= 15 is 0 Å². The minimum atomic E-state index is 0.763. The third kappa shape index (κ3) is 5.78. The van der Waals surface area contributed by atoms with Crippen LogP contribution in [0.4, 0.5) is 0 Å². The maximum absolute atomic E-state index is 4.60. The van der Waals surface area contributed by atoms with Gasteiger partial charge in [-0.3, -0.25) is 0 Å². The third-order valence-corrected chi connectivity index (χ3v) is 4.23. The van der Waals surface area contributed by atoms with Gasteiger partial charge in [0.15, 0.2) is 5.96 Å². The third-order valence-electron chi connectivity index (χ3n) is 2.40. The van der Waals surface area contributed by atoms with E-state index in [-0.39, 0.29) is 0 Å². The zero-order valence-electron chi connectivity index (χ0n) is 11.5. The summed E-state index contributed by atoms with van der Waals surface area (Å²) in [5.74, 6) is 2.02. The van der Waals surface area contributed by atoms with E-state index in [4.69, 9.17) is 0 Å². The van der Waals surface area contributed by atoms with Crippen molar-refractivity contribution in [2.45, 2.75) is 26.8 Å². The lowest BCUT2D eigenvalue weighted by molar-refractivity contribution is 0.845. The predicted octanol–water partition coefficient (Wildman–Crippen LogP) is 2.73. The van der Waals surface area contributed by atoms with Gasteiger partial charge in [0.25, 0.3) is 0 Å². The first-order valence-electron chi connectivity index (χ1n) is 6.38. The number of rotatable bonds is 7. The van der Waals surface area contributed by atoms with Crippen molar-refractivity contribution in [3.63, 3.8) is 0 Å². The standard InChI is InChI=1S/C13H23N3S2/c1-4-11-6-7-12(18-11)10-16-13(14-5-2)15-8-9-17-3/h6-7H,4-5,8-10H2,1-3H3,(H2,14,15,16). The summed E-state index contributed by atoms with van der Waals surface area (Å²) in [4.78, 5) is 7.36. The Labute approximate surface area is 118 Å². The second-order valence-corrected chi connectivity index (χ2v) is 6.07. The van der Waals surface area contributed by atoms with E-state index in [1.54, 1.807) is 0 Å². The van der Waals surface area contributed by atoms with Gasteiger partial charge in [0.1, 0.15) is 0 Å². The summed E-state index contributed by atoms with van der Waals surface area (Å²) < 4.78 is 0. The molecule has 0 aliphatic carbocycles. The molecule has 0 aromatic carbocycles. The average molecular weight is 285 g/mol. The Bertz CT molecular complexity index is 361. The fraction of sp³-hybridized carbons (Fsp3) is 0.615. The molecule has 1 aromatic heterocycles. The molecule has 5 heteroatoms. The highest BCUT2D eigenvalue weighted by Crippen LogP contribution is 2.17. The van der Waals surface area contributed by atoms with Crippen molar-refractivity contribution in [1.82, 2.24) is 10.6 Å². The molecule has 0 bridgehead atoms. The molecule has 1 aromatic rings. The summed E-state index contributed by atoms with van der Waals surface area (Å²) in [6, 6.07) is 4.38. The van der Waals surface area contributed by atoms with Crippen LogP contribution in [0.5, 0.6) is 0 Å². The number of hydrogen-bond donors (Lipinski definition) is 2. The van der Waals surface area contributed by atoms with Gasteiger partial charge in [0, 0.05) is 28.6 Å². The molecular formula is C13H23N3S2. The van der Waals surface area contributed by atoms with E-state index in [9.17, 15) is 0 Å². The van der Waals surface area contributed by atoms with E-state index in [2.05, 4.69) is 47.9 Å². The molecule has 0 radical (unpaired) electrons. The van der Waals surface area contributed by atoms with Gasteiger partial charge in [-0.1, -0.05) is 6.92 Å². The van der Waals surface area contributed by atoms with Crippen LogP contribution in [0.3, 0.4) is 0 Å². The quantitative estimate of drug-likeness (QED) is 0.459. The largest absolute Gasteiger partial charge is 0.357 e. The van der Waals surface area contributed by atoms with E-state index in [0.717, 1.165) is 37.8 Å². The van der Waals surface area contributed by atoms with Crippen molar-refractivity contribution in [1.29, 1.82) is 0 Å². The van der Waals surface area contributed by atoms with Gasteiger partial charge in [0.05, 0.1) is 6.54 Å². The van der Waals surface area contributed by atoms with E-state index in [0.29, 0.717) is 0 Å². The Morgan fingerprint density at radius 3 is 2.67 bits per heavy atom. The molecule has 0 amide bonds. The summed E-state index contributed by atoms with van der Waals surface area (Å²) in [6.45, 7) is 6.89. The van der Waals surface area contributed by atoms with Crippen LogP contribution in [-0.4, -0.2) is 31.1 Å². The smallest absolute Gasteiger partial charge is 0.191 e. The van der Waals surface area contributed by atoms with E-state index in [1.807, 2.05) is 23.1 Å². The van der Waals surface area contributed by atoms with Crippen LogP contribution in [0.2, 0.25) is 0 Å². The highest BCUT2D eigenvalue weighted by molar-refractivity contribution is 7.98. The number of aliphatic imine (C=N–C) groups is 1. The number of nitrogens with one attached hydrogen (secondary N) is 2. The summed E-state index contributed by atoms with van der Waals surface area (Å²) in [7, 11) is 0. The molecule has 1 heterocycles. The zero-order chi connectivity index (χ0) is 13.2. The Morgan fingerprint density at radius 1 is 1.28 bits per heavy atom. The Morgan fingerprint density at radius 2 is 2.06 bits per heavy atom. The summed E-state index contributed by atoms with van der Waals surface area (Å²) in [5, 5.41) is 6.60. The Balaban J connectivity index is 2.47. The molecule has 0 spiro atoms. The lowest BCUT2D eigenvalue weighted by Crippen LogP contribution is -2.38. The molecule has 2 N–H and O–H groups in total. The molecule has 1 rings (SSSR count). The molecule has 3 nitrogen and oxygen atoms in total. The second-order valence-electron chi connectivity index (χ2n) is 3.84. The second kappa shape index (κ2) is 9.28. The number of aryl methyl sites for hydroxylation is 1. The molecule has 0 aliphatic rings. The first-order chi connectivity index (χ1) is 8.80. The lowest BCUT2D eigenvalue weighted by Gasteiger charge is -2.10. The summed E-state index contributed by atoms with van der Waals surface area (Å²) >= 11 is 3.69. The minimum Gasteiger partial charge on any atom is -0.357 e. The summed E-state index contributed by atoms with van der Waals surface area (Å²) in [6.07, 6.45) is 3.23. The highest BCUT2D eigenvalue weighted by Gasteiger charge is 1.99. The Kier molecular flexibility index (Phi) is 7.93. The fourth-order valence-electron chi connectivity index (χ4n) is 1.47. The van der Waals surface area contributed by atoms with Crippen molar-refractivity contribution in [2.75, 3.05) is 25.1 Å². The van der Waals surface area contributed by atoms with Crippen molar-refractivity contribution >= 4 is 29.1 Å². The highest BCUT2D eigenvalue weighted by atomic mass is 32.2. The van der Waals surface area contributed by atoms with Gasteiger partial charge in [0.2, 0.25) is 0 Å². The first-order valence-corrected chi connectivity index (χ1v) is 8.59. The van der Waals surface area contributed by atoms with Crippen LogP contribution >= 0.6 is 23.1 Å². The SMILES string of the molecule is CCNC(=NCc1ccc(CC)s1)NCCSC. The van der Waals surface area contributed by atoms with Crippen LogP contribution in [0, 0.1) is 0 Å². The molecule has 0 atom stereocenters. The molecule has 0 aliphatic heterocycles. The zero-order valence-corrected chi connectivity index (χ0v) is 13.1. The molecule has 0 saturated carbocycles. The van der Waals surface area contributed by atoms with Gasteiger partial charge < -0.3 is 10.6 Å². The fourth-order valence-corrected chi connectivity index (χ4v) is 2.66. The van der Waals surface area contributed by atoms with Crippen molar-refractivity contribution in [2.24, 2.45) is 4.99 Å². The molecule has 0 fully saturated rings. The van der Waals surface area contributed by atoms with Gasteiger partial charge in [-0.25, -0.2) is 4.99 Å². The van der Waals surface area contributed by atoms with Crippen molar-refractivity contribution in [3.05, 3.63) is 21.9 Å². The molecular weight excluding hydrogens is 262 g/mol. The van der Waals surface area contributed by atoms with Crippen LogP contribution in [0.25, 0.3) is 0 Å². The minimum absolute atomic E-state index is 0.763. The number of nitrogens with zero attached hydrogens (tertiary/aromatic N) is 1. The van der Waals surface area contributed by atoms with Crippen LogP contribution in [0.1, 0.15) is 23.6 Å². The number of thiophene rings is 1. The summed E-state index contributed by atoms with van der Waals surface area (Å²) in [5.41, 5.74) is 0. The number of hydrogen-bond acceptors (Lipinski definition) is 3. The number of guanidine groups is 1. The topological polar surface area (TPSA) is 36.4 Å². The van der Waals surface area contributed by atoms with Gasteiger partial charge in [-0.2, -0.15) is 11.8 Å². The van der Waals surface area contributed by atoms with Gasteiger partial charge >= 0.3 is 0 Å². The Hall–Kier alpha value is -0.680. The maximum atomic E-state index is 4.60. The van der Waals surface area contributed by atoms with E-state index in [1.165, 1.54) is 9.75 Å². The van der Waals surface area contributed by atoms with Crippen molar-refractivity contribution < 1.29 is 0 Å². The van der Waals surface area contributed by atoms with Crippen LogP contribution in [0.15, 0.2) is 17.1 Å². The van der Waals surface area contributed by atoms with Crippen LogP contribution in [-0.2, 0) is 13.0 Å². The molecule has 0 saturated heterocycles. The molecule has 102 valence electrons. The van der Waals surface area contributed by atoms with Gasteiger partial charge in [-0.15, -0.1) is 11.3 Å². The van der Waals surface area contributed by atoms with E-state index < -0.39 is 0 Å².